The number of rotatable bonds is 8. The molecule has 0 amide bonds. The van der Waals surface area contributed by atoms with Gasteiger partial charge in [0.2, 0.25) is 0 Å². The van der Waals surface area contributed by atoms with Gasteiger partial charge >= 0.3 is 0 Å². The van der Waals surface area contributed by atoms with Gasteiger partial charge in [0.05, 0.1) is 18.6 Å². The third-order valence-electron chi connectivity index (χ3n) is 4.85. The second-order valence-corrected chi connectivity index (χ2v) is 6.80. The van der Waals surface area contributed by atoms with Gasteiger partial charge in [-0.05, 0) is 24.5 Å². The highest BCUT2D eigenvalue weighted by Crippen LogP contribution is 2.26. The normalized spacial score (nSPS) is 16.5. The molecule has 1 aliphatic heterocycles. The molecule has 0 bridgehead atoms. The minimum absolute atomic E-state index is 0.373. The first-order chi connectivity index (χ1) is 13.4. The lowest BCUT2D eigenvalue weighted by atomic mass is 10.0. The molecule has 1 aliphatic rings. The molecule has 4 rings (SSSR count). The third-order valence-corrected chi connectivity index (χ3v) is 4.85. The van der Waals surface area contributed by atoms with Crippen LogP contribution in [0.25, 0.3) is 0 Å². The summed E-state index contributed by atoms with van der Waals surface area (Å²) in [4.78, 5) is 19.7. The van der Waals surface area contributed by atoms with E-state index in [9.17, 15) is 0 Å². The predicted molar refractivity (Wildman–Crippen MR) is 102 cm³/mol. The molecule has 27 heavy (non-hydrogen) atoms. The predicted octanol–water partition coefficient (Wildman–Crippen LogP) is 2.67. The van der Waals surface area contributed by atoms with Crippen LogP contribution in [0.2, 0.25) is 0 Å². The zero-order valence-corrected chi connectivity index (χ0v) is 15.3. The average molecular weight is 364 g/mol. The summed E-state index contributed by atoms with van der Waals surface area (Å²) in [7, 11) is 0. The summed E-state index contributed by atoms with van der Waals surface area (Å²) in [5.41, 5.74) is 2.24. The molecule has 0 saturated carbocycles. The van der Waals surface area contributed by atoms with Gasteiger partial charge in [0.25, 0.3) is 0 Å². The maximum Gasteiger partial charge on any atom is 0.132 e. The molecule has 1 fully saturated rings. The molecule has 1 saturated heterocycles. The van der Waals surface area contributed by atoms with Crippen molar-refractivity contribution in [2.45, 2.75) is 31.8 Å². The Balaban J connectivity index is 1.50. The van der Waals surface area contributed by atoms with Crippen molar-refractivity contribution in [1.29, 1.82) is 0 Å². The smallest absolute Gasteiger partial charge is 0.132 e. The van der Waals surface area contributed by atoms with Gasteiger partial charge in [-0.25, -0.2) is 15.0 Å². The van der Waals surface area contributed by atoms with Crippen LogP contribution in [0.3, 0.4) is 0 Å². The van der Waals surface area contributed by atoms with Gasteiger partial charge in [-0.3, -0.25) is 4.98 Å². The minimum Gasteiger partial charge on any atom is -0.381 e. The van der Waals surface area contributed by atoms with Crippen molar-refractivity contribution in [3.63, 3.8) is 0 Å². The molecular formula is C20H24N6O. The van der Waals surface area contributed by atoms with Gasteiger partial charge < -0.3 is 14.2 Å². The molecule has 140 valence electrons. The fourth-order valence-electron chi connectivity index (χ4n) is 3.38. The van der Waals surface area contributed by atoms with Crippen LogP contribution in [0.1, 0.15) is 30.0 Å². The van der Waals surface area contributed by atoms with E-state index in [2.05, 4.69) is 41.5 Å². The van der Waals surface area contributed by atoms with Crippen molar-refractivity contribution >= 4 is 5.82 Å². The van der Waals surface area contributed by atoms with Gasteiger partial charge in [-0.1, -0.05) is 6.07 Å². The van der Waals surface area contributed by atoms with Crippen LogP contribution in [-0.4, -0.2) is 44.3 Å². The molecular weight excluding hydrogens is 340 g/mol. The Bertz CT molecular complexity index is 818. The Hall–Kier alpha value is -2.80. The standard InChI is InChI=1S/C20H24N6O/c1-3-17(12-21-5-1)13-26(8-2-7-25-9-6-22-16-25)20-11-19(23-15-24-20)18-4-10-27-14-18/h1,3,5-6,9,11-12,15-16,18H,2,4,7-8,10,13-14H2/t18-/m1/s1. The first kappa shape index (κ1) is 17.6. The molecule has 0 spiro atoms. The van der Waals surface area contributed by atoms with Crippen LogP contribution in [0.15, 0.2) is 55.6 Å². The van der Waals surface area contributed by atoms with E-state index in [1.54, 1.807) is 12.5 Å². The third kappa shape index (κ3) is 4.68. The number of hydrogen-bond acceptors (Lipinski definition) is 6. The zero-order chi connectivity index (χ0) is 18.3. The van der Waals surface area contributed by atoms with E-state index >= 15 is 0 Å². The molecule has 0 radical (unpaired) electrons. The Morgan fingerprint density at radius 1 is 1.22 bits per heavy atom. The minimum atomic E-state index is 0.373. The van der Waals surface area contributed by atoms with Crippen molar-refractivity contribution < 1.29 is 4.74 Å². The number of nitrogens with zero attached hydrogens (tertiary/aromatic N) is 6. The second kappa shape index (κ2) is 8.73. The molecule has 1 atom stereocenters. The summed E-state index contributed by atoms with van der Waals surface area (Å²) < 4.78 is 7.62. The summed E-state index contributed by atoms with van der Waals surface area (Å²) in [6.45, 7) is 4.16. The number of anilines is 1. The lowest BCUT2D eigenvalue weighted by molar-refractivity contribution is 0.193. The van der Waals surface area contributed by atoms with Gasteiger partial charge in [0.1, 0.15) is 12.1 Å². The summed E-state index contributed by atoms with van der Waals surface area (Å²) in [6, 6.07) is 6.19. The van der Waals surface area contributed by atoms with Crippen molar-refractivity contribution in [1.82, 2.24) is 24.5 Å². The molecule has 4 heterocycles. The van der Waals surface area contributed by atoms with E-state index in [0.29, 0.717) is 5.92 Å². The Kier molecular flexibility index (Phi) is 5.69. The van der Waals surface area contributed by atoms with Crippen LogP contribution in [0, 0.1) is 0 Å². The molecule has 0 aromatic carbocycles. The maximum atomic E-state index is 5.52. The van der Waals surface area contributed by atoms with Crippen LogP contribution < -0.4 is 4.90 Å². The highest BCUT2D eigenvalue weighted by Gasteiger charge is 2.20. The number of pyridine rings is 1. The number of aromatic nitrogens is 5. The van der Waals surface area contributed by atoms with E-state index in [1.807, 2.05) is 31.0 Å². The highest BCUT2D eigenvalue weighted by molar-refractivity contribution is 5.40. The van der Waals surface area contributed by atoms with Crippen LogP contribution in [-0.2, 0) is 17.8 Å². The average Bonchev–Trinajstić information content (AvgIpc) is 3.42. The van der Waals surface area contributed by atoms with Crippen molar-refractivity contribution in [3.05, 3.63) is 66.9 Å². The highest BCUT2D eigenvalue weighted by atomic mass is 16.5. The van der Waals surface area contributed by atoms with Crippen LogP contribution in [0.4, 0.5) is 5.82 Å². The molecule has 7 heteroatoms. The molecule has 7 nitrogen and oxygen atoms in total. The van der Waals surface area contributed by atoms with Gasteiger partial charge in [-0.2, -0.15) is 0 Å². The summed E-state index contributed by atoms with van der Waals surface area (Å²) in [5.74, 6) is 1.33. The quantitative estimate of drug-likeness (QED) is 0.612. The molecule has 0 N–H and O–H groups in total. The zero-order valence-electron chi connectivity index (χ0n) is 15.3. The number of hydrogen-bond donors (Lipinski definition) is 0. The summed E-state index contributed by atoms with van der Waals surface area (Å²) >= 11 is 0. The fourth-order valence-corrected chi connectivity index (χ4v) is 3.38. The van der Waals surface area contributed by atoms with E-state index in [-0.39, 0.29) is 0 Å². The van der Waals surface area contributed by atoms with Gasteiger partial charge in [0, 0.05) is 63.0 Å². The molecule has 0 unspecified atom stereocenters. The first-order valence-corrected chi connectivity index (χ1v) is 9.38. The van der Waals surface area contributed by atoms with E-state index in [0.717, 1.165) is 57.2 Å². The molecule has 3 aromatic heterocycles. The lowest BCUT2D eigenvalue weighted by Gasteiger charge is -2.24. The van der Waals surface area contributed by atoms with E-state index in [4.69, 9.17) is 4.74 Å². The first-order valence-electron chi connectivity index (χ1n) is 9.38. The summed E-state index contributed by atoms with van der Waals surface area (Å²) in [5, 5.41) is 0. The number of ether oxygens (including phenoxy) is 1. The Morgan fingerprint density at radius 2 is 2.22 bits per heavy atom. The maximum absolute atomic E-state index is 5.52. The van der Waals surface area contributed by atoms with Crippen LogP contribution >= 0.6 is 0 Å². The van der Waals surface area contributed by atoms with Crippen molar-refractivity contribution in [2.24, 2.45) is 0 Å². The number of aryl methyl sites for hydroxylation is 1. The molecule has 3 aromatic rings. The van der Waals surface area contributed by atoms with Gasteiger partial charge in [0.15, 0.2) is 0 Å². The topological polar surface area (TPSA) is 69.0 Å². The van der Waals surface area contributed by atoms with E-state index in [1.165, 1.54) is 5.56 Å². The number of imidazole rings is 1. The van der Waals surface area contributed by atoms with E-state index < -0.39 is 0 Å². The van der Waals surface area contributed by atoms with Crippen molar-refractivity contribution in [2.75, 3.05) is 24.7 Å². The fraction of sp³-hybridized carbons (Fsp3) is 0.400. The SMILES string of the molecule is c1cncc(CN(CCCn2ccnc2)c2cc([C@@H]3CCOC3)ncn2)c1. The van der Waals surface area contributed by atoms with Crippen molar-refractivity contribution in [3.8, 4) is 0 Å². The largest absolute Gasteiger partial charge is 0.381 e. The Labute approximate surface area is 159 Å². The van der Waals surface area contributed by atoms with Crippen LogP contribution in [0.5, 0.6) is 0 Å². The monoisotopic (exact) mass is 364 g/mol. The summed E-state index contributed by atoms with van der Waals surface area (Å²) in [6.07, 6.45) is 13.1. The lowest BCUT2D eigenvalue weighted by Crippen LogP contribution is -2.26. The van der Waals surface area contributed by atoms with Gasteiger partial charge in [-0.15, -0.1) is 0 Å². The Morgan fingerprint density at radius 3 is 3.00 bits per heavy atom. The second-order valence-electron chi connectivity index (χ2n) is 6.80. The molecule has 0 aliphatic carbocycles.